The topological polar surface area (TPSA) is 64.5 Å². The lowest BCUT2D eigenvalue weighted by molar-refractivity contribution is 0.0514. The molecule has 1 amide bonds. The van der Waals surface area contributed by atoms with Crippen LogP contribution in [0.3, 0.4) is 0 Å². The molecule has 2 aromatic carbocycles. The van der Waals surface area contributed by atoms with Gasteiger partial charge in [0.15, 0.2) is 0 Å². The average Bonchev–Trinajstić information content (AvgIpc) is 2.79. The number of likely N-dealkylation sites (tertiary alicyclic amines) is 1. The molecule has 0 bridgehead atoms. The van der Waals surface area contributed by atoms with Gasteiger partial charge >= 0.3 is 6.01 Å². The van der Waals surface area contributed by atoms with Crippen molar-refractivity contribution in [1.82, 2.24) is 14.9 Å². The molecule has 0 radical (unpaired) electrons. The Labute approximate surface area is 176 Å². The van der Waals surface area contributed by atoms with E-state index in [-0.39, 0.29) is 12.0 Å². The maximum atomic E-state index is 13.5. The number of hydrogen-bond acceptors (Lipinski definition) is 5. The van der Waals surface area contributed by atoms with Crippen molar-refractivity contribution < 1.29 is 14.3 Å². The van der Waals surface area contributed by atoms with E-state index >= 15 is 0 Å². The molecular formula is C24H27N3O3. The van der Waals surface area contributed by atoms with Crippen LogP contribution in [-0.4, -0.2) is 46.6 Å². The van der Waals surface area contributed by atoms with E-state index in [9.17, 15) is 4.79 Å². The summed E-state index contributed by atoms with van der Waals surface area (Å²) in [5.74, 6) is 0.605. The fraction of sp³-hybridized carbons (Fsp3) is 0.375. The number of fused-ring (bicyclic) bond motifs is 1. The van der Waals surface area contributed by atoms with Crippen LogP contribution >= 0.6 is 0 Å². The number of aromatic nitrogens is 2. The lowest BCUT2D eigenvalue weighted by Crippen LogP contribution is -2.44. The molecule has 6 heteroatoms. The summed E-state index contributed by atoms with van der Waals surface area (Å²) in [6.45, 7) is 5.71. The predicted molar refractivity (Wildman–Crippen MR) is 116 cm³/mol. The van der Waals surface area contributed by atoms with E-state index in [2.05, 4.69) is 16.9 Å². The summed E-state index contributed by atoms with van der Waals surface area (Å²) in [5.41, 5.74) is 1.70. The Balaban J connectivity index is 1.56. The highest BCUT2D eigenvalue weighted by atomic mass is 16.5. The van der Waals surface area contributed by atoms with E-state index in [0.717, 1.165) is 35.6 Å². The number of benzene rings is 2. The zero-order valence-electron chi connectivity index (χ0n) is 17.5. The summed E-state index contributed by atoms with van der Waals surface area (Å²) in [6, 6.07) is 12.2. The fourth-order valence-electron chi connectivity index (χ4n) is 3.86. The van der Waals surface area contributed by atoms with Gasteiger partial charge < -0.3 is 14.4 Å². The number of rotatable bonds is 6. The summed E-state index contributed by atoms with van der Waals surface area (Å²) < 4.78 is 11.8. The summed E-state index contributed by atoms with van der Waals surface area (Å²) >= 11 is 0. The van der Waals surface area contributed by atoms with Crippen LogP contribution in [0.15, 0.2) is 48.8 Å². The normalized spacial score (nSPS) is 16.5. The zero-order valence-corrected chi connectivity index (χ0v) is 17.5. The molecular weight excluding hydrogens is 378 g/mol. The van der Waals surface area contributed by atoms with Crippen molar-refractivity contribution in [2.24, 2.45) is 0 Å². The Hall–Kier alpha value is -3.15. The minimum Gasteiger partial charge on any atom is -0.493 e. The SMILES string of the molecule is CCOc1ccc2ccccc2c1C(=O)N1CCCC(Oc2ncc(CC)cn2)C1. The van der Waals surface area contributed by atoms with Crippen LogP contribution in [0.5, 0.6) is 11.8 Å². The summed E-state index contributed by atoms with van der Waals surface area (Å²) in [6.07, 6.45) is 6.09. The highest BCUT2D eigenvalue weighted by Gasteiger charge is 2.29. The Morgan fingerprint density at radius 2 is 1.93 bits per heavy atom. The van der Waals surface area contributed by atoms with E-state index in [1.165, 1.54) is 0 Å². The summed E-state index contributed by atoms with van der Waals surface area (Å²) in [5, 5.41) is 1.94. The molecule has 156 valence electrons. The largest absolute Gasteiger partial charge is 0.493 e. The Kier molecular flexibility index (Phi) is 6.12. The third-order valence-corrected chi connectivity index (χ3v) is 5.43. The van der Waals surface area contributed by atoms with Crippen molar-refractivity contribution in [3.8, 4) is 11.8 Å². The highest BCUT2D eigenvalue weighted by Crippen LogP contribution is 2.30. The average molecular weight is 405 g/mol. The van der Waals surface area contributed by atoms with Gasteiger partial charge in [0.1, 0.15) is 11.9 Å². The van der Waals surface area contributed by atoms with Gasteiger partial charge in [-0.15, -0.1) is 0 Å². The number of carbonyl (C=O) groups is 1. The molecule has 0 N–H and O–H groups in total. The van der Waals surface area contributed by atoms with Crippen molar-refractivity contribution in [1.29, 1.82) is 0 Å². The van der Waals surface area contributed by atoms with Crippen LogP contribution in [0, 0.1) is 0 Å². The van der Waals surface area contributed by atoms with Crippen molar-refractivity contribution in [2.75, 3.05) is 19.7 Å². The molecule has 2 heterocycles. The number of hydrogen-bond donors (Lipinski definition) is 0. The maximum Gasteiger partial charge on any atom is 0.316 e. The smallest absolute Gasteiger partial charge is 0.316 e. The number of carbonyl (C=O) groups excluding carboxylic acids is 1. The minimum atomic E-state index is -0.124. The molecule has 3 aromatic rings. The molecule has 1 saturated heterocycles. The number of piperidine rings is 1. The molecule has 1 unspecified atom stereocenters. The first kappa shape index (κ1) is 20.1. The van der Waals surface area contributed by atoms with Crippen molar-refractivity contribution in [2.45, 2.75) is 39.2 Å². The number of nitrogens with zero attached hydrogens (tertiary/aromatic N) is 3. The van der Waals surface area contributed by atoms with Gasteiger partial charge in [-0.2, -0.15) is 0 Å². The van der Waals surface area contributed by atoms with E-state index in [4.69, 9.17) is 9.47 Å². The van der Waals surface area contributed by atoms with E-state index in [1.807, 2.05) is 48.2 Å². The third kappa shape index (κ3) is 4.22. The molecule has 0 spiro atoms. The fourth-order valence-corrected chi connectivity index (χ4v) is 3.86. The number of aryl methyl sites for hydroxylation is 1. The van der Waals surface area contributed by atoms with Gasteiger partial charge in [-0.05, 0) is 48.6 Å². The lowest BCUT2D eigenvalue weighted by Gasteiger charge is -2.33. The molecule has 1 atom stereocenters. The summed E-state index contributed by atoms with van der Waals surface area (Å²) in [7, 11) is 0. The van der Waals surface area contributed by atoms with E-state index < -0.39 is 0 Å². The standard InChI is InChI=1S/C24H27N3O3/c1-3-17-14-25-24(26-15-17)30-19-9-7-13-27(16-19)23(28)22-20-10-6-5-8-18(20)11-12-21(22)29-4-2/h5-6,8,10-12,14-15,19H,3-4,7,9,13,16H2,1-2H3. The first-order chi connectivity index (χ1) is 14.7. The van der Waals surface area contributed by atoms with Gasteiger partial charge in [-0.3, -0.25) is 4.79 Å². The Bertz CT molecular complexity index is 1020. The molecule has 4 rings (SSSR count). The second kappa shape index (κ2) is 9.11. The Morgan fingerprint density at radius 1 is 1.13 bits per heavy atom. The summed E-state index contributed by atoms with van der Waals surface area (Å²) in [4.78, 5) is 24.0. The van der Waals surface area contributed by atoms with Crippen LogP contribution in [0.2, 0.25) is 0 Å². The molecule has 1 fully saturated rings. The van der Waals surface area contributed by atoms with Crippen molar-refractivity contribution in [3.63, 3.8) is 0 Å². The molecule has 6 nitrogen and oxygen atoms in total. The monoisotopic (exact) mass is 405 g/mol. The maximum absolute atomic E-state index is 13.5. The van der Waals surface area contributed by atoms with Crippen molar-refractivity contribution >= 4 is 16.7 Å². The predicted octanol–water partition coefficient (Wildman–Crippen LogP) is 4.27. The van der Waals surface area contributed by atoms with Crippen LogP contribution < -0.4 is 9.47 Å². The molecule has 30 heavy (non-hydrogen) atoms. The first-order valence-corrected chi connectivity index (χ1v) is 10.6. The first-order valence-electron chi connectivity index (χ1n) is 10.6. The quantitative estimate of drug-likeness (QED) is 0.613. The Morgan fingerprint density at radius 3 is 2.70 bits per heavy atom. The van der Waals surface area contributed by atoms with Crippen LogP contribution in [-0.2, 0) is 6.42 Å². The van der Waals surface area contributed by atoms with E-state index in [0.29, 0.717) is 37.0 Å². The highest BCUT2D eigenvalue weighted by molar-refractivity contribution is 6.09. The third-order valence-electron chi connectivity index (χ3n) is 5.43. The molecule has 1 aliphatic rings. The van der Waals surface area contributed by atoms with Gasteiger partial charge in [0.05, 0.1) is 18.7 Å². The van der Waals surface area contributed by atoms with Gasteiger partial charge in [0.25, 0.3) is 5.91 Å². The number of amides is 1. The van der Waals surface area contributed by atoms with Gasteiger partial charge in [-0.25, -0.2) is 9.97 Å². The van der Waals surface area contributed by atoms with Crippen LogP contribution in [0.25, 0.3) is 10.8 Å². The van der Waals surface area contributed by atoms with Crippen LogP contribution in [0.1, 0.15) is 42.6 Å². The minimum absolute atomic E-state index is 0.0224. The second-order valence-electron chi connectivity index (χ2n) is 7.45. The molecule has 1 aliphatic heterocycles. The van der Waals surface area contributed by atoms with Gasteiger partial charge in [0.2, 0.25) is 0 Å². The van der Waals surface area contributed by atoms with Gasteiger partial charge in [-0.1, -0.05) is 37.3 Å². The molecule has 0 saturated carbocycles. The lowest BCUT2D eigenvalue weighted by atomic mass is 10.0. The molecule has 1 aromatic heterocycles. The van der Waals surface area contributed by atoms with Crippen molar-refractivity contribution in [3.05, 3.63) is 59.9 Å². The second-order valence-corrected chi connectivity index (χ2v) is 7.45. The van der Waals surface area contributed by atoms with Gasteiger partial charge in [0, 0.05) is 18.9 Å². The molecule has 0 aliphatic carbocycles. The number of ether oxygens (including phenoxy) is 2. The van der Waals surface area contributed by atoms with Crippen LogP contribution in [0.4, 0.5) is 0 Å². The zero-order chi connectivity index (χ0) is 20.9. The van der Waals surface area contributed by atoms with E-state index in [1.54, 1.807) is 12.4 Å².